The number of hydrogen-bond donors (Lipinski definition) is 1. The van der Waals surface area contributed by atoms with Crippen LogP contribution in [0.5, 0.6) is 5.75 Å². The second-order valence-electron chi connectivity index (χ2n) is 6.83. The predicted octanol–water partition coefficient (Wildman–Crippen LogP) is 3.71. The number of nitrogens with one attached hydrogen (secondary N) is 1. The Bertz CT molecular complexity index is 425. The zero-order chi connectivity index (χ0) is 16.0. The summed E-state index contributed by atoms with van der Waals surface area (Å²) in [4.78, 5) is 2.43. The van der Waals surface area contributed by atoms with Crippen LogP contribution in [0.4, 0.5) is 0 Å². The second-order valence-corrected chi connectivity index (χ2v) is 6.83. The maximum atomic E-state index is 5.52. The molecule has 0 spiro atoms. The van der Waals surface area contributed by atoms with E-state index >= 15 is 0 Å². The van der Waals surface area contributed by atoms with Crippen molar-refractivity contribution in [3.63, 3.8) is 0 Å². The molecule has 21 heavy (non-hydrogen) atoms. The van der Waals surface area contributed by atoms with E-state index < -0.39 is 0 Å². The van der Waals surface area contributed by atoms with Gasteiger partial charge in [-0.25, -0.2) is 0 Å². The van der Waals surface area contributed by atoms with Gasteiger partial charge in [0.1, 0.15) is 5.75 Å². The van der Waals surface area contributed by atoms with Gasteiger partial charge < -0.3 is 15.0 Å². The molecule has 0 aliphatic rings. The number of ether oxygens (including phenoxy) is 1. The Morgan fingerprint density at radius 1 is 1.24 bits per heavy atom. The van der Waals surface area contributed by atoms with Crippen molar-refractivity contribution in [3.05, 3.63) is 29.8 Å². The van der Waals surface area contributed by atoms with E-state index in [1.54, 1.807) is 7.11 Å². The Hall–Kier alpha value is -1.06. The summed E-state index contributed by atoms with van der Waals surface area (Å²) in [5.41, 5.74) is 1.50. The van der Waals surface area contributed by atoms with Crippen molar-refractivity contribution in [2.24, 2.45) is 5.41 Å². The van der Waals surface area contributed by atoms with Crippen LogP contribution in [0.15, 0.2) is 24.3 Å². The molecular weight excluding hydrogens is 260 g/mol. The first-order valence-corrected chi connectivity index (χ1v) is 7.87. The van der Waals surface area contributed by atoms with Gasteiger partial charge in [0.2, 0.25) is 0 Å². The fourth-order valence-corrected chi connectivity index (χ4v) is 2.58. The van der Waals surface area contributed by atoms with Crippen LogP contribution in [-0.2, 0) is 0 Å². The molecule has 1 aromatic rings. The molecule has 0 aromatic heterocycles. The molecule has 1 rings (SSSR count). The molecule has 0 saturated heterocycles. The minimum atomic E-state index is 0.270. The monoisotopic (exact) mass is 292 g/mol. The van der Waals surface area contributed by atoms with Crippen molar-refractivity contribution in [3.8, 4) is 5.75 Å². The van der Waals surface area contributed by atoms with Crippen LogP contribution >= 0.6 is 0 Å². The van der Waals surface area contributed by atoms with E-state index in [0.29, 0.717) is 6.04 Å². The first-order chi connectivity index (χ1) is 9.81. The fraction of sp³-hybridized carbons (Fsp3) is 0.667. The Kier molecular flexibility index (Phi) is 6.69. The third-order valence-corrected chi connectivity index (χ3v) is 4.35. The highest BCUT2D eigenvalue weighted by molar-refractivity contribution is 5.36. The van der Waals surface area contributed by atoms with Crippen molar-refractivity contribution in [2.75, 3.05) is 27.2 Å². The summed E-state index contributed by atoms with van der Waals surface area (Å²) in [5, 5.41) is 3.59. The normalized spacial score (nSPS) is 15.0. The molecule has 0 aliphatic carbocycles. The number of nitrogens with zero attached hydrogens (tertiary/aromatic N) is 1. The first kappa shape index (κ1) is 18.0. The maximum absolute atomic E-state index is 5.52. The van der Waals surface area contributed by atoms with Gasteiger partial charge >= 0.3 is 0 Å². The average Bonchev–Trinajstić information content (AvgIpc) is 2.44. The van der Waals surface area contributed by atoms with Gasteiger partial charge in [-0.3, -0.25) is 0 Å². The summed E-state index contributed by atoms with van der Waals surface area (Å²) in [6, 6.07) is 9.07. The van der Waals surface area contributed by atoms with E-state index in [4.69, 9.17) is 4.74 Å². The zero-order valence-electron chi connectivity index (χ0n) is 14.7. The maximum Gasteiger partial charge on any atom is 0.123 e. The lowest BCUT2D eigenvalue weighted by Gasteiger charge is -2.37. The third kappa shape index (κ3) is 5.01. The van der Waals surface area contributed by atoms with Crippen molar-refractivity contribution in [2.45, 2.75) is 46.7 Å². The molecule has 0 bridgehead atoms. The minimum absolute atomic E-state index is 0.270. The quantitative estimate of drug-likeness (QED) is 0.829. The molecule has 0 heterocycles. The van der Waals surface area contributed by atoms with Gasteiger partial charge in [-0.05, 0) is 32.0 Å². The van der Waals surface area contributed by atoms with E-state index in [1.807, 2.05) is 12.1 Å². The largest absolute Gasteiger partial charge is 0.496 e. The summed E-state index contributed by atoms with van der Waals surface area (Å²) in [7, 11) is 3.94. The number of benzene rings is 1. The lowest BCUT2D eigenvalue weighted by molar-refractivity contribution is 0.129. The SMILES string of the molecule is CCNC(CN(C)C(C)C(C)(C)C)c1ccccc1OC. The summed E-state index contributed by atoms with van der Waals surface area (Å²) >= 11 is 0. The van der Waals surface area contributed by atoms with Crippen LogP contribution in [0.2, 0.25) is 0 Å². The molecule has 1 aromatic carbocycles. The Labute approximate surface area is 130 Å². The van der Waals surface area contributed by atoms with Gasteiger partial charge in [0, 0.05) is 24.2 Å². The number of likely N-dealkylation sites (N-methyl/N-ethyl adjacent to an activating group) is 2. The van der Waals surface area contributed by atoms with E-state index in [1.165, 1.54) is 5.56 Å². The van der Waals surface area contributed by atoms with Crippen molar-refractivity contribution < 1.29 is 4.74 Å². The topological polar surface area (TPSA) is 24.5 Å². The first-order valence-electron chi connectivity index (χ1n) is 7.87. The molecular formula is C18H32N2O. The van der Waals surface area contributed by atoms with Gasteiger partial charge in [0.25, 0.3) is 0 Å². The number of methoxy groups -OCH3 is 1. The van der Waals surface area contributed by atoms with Crippen LogP contribution in [0, 0.1) is 5.41 Å². The number of rotatable bonds is 7. The van der Waals surface area contributed by atoms with Gasteiger partial charge in [-0.2, -0.15) is 0 Å². The van der Waals surface area contributed by atoms with E-state index in [-0.39, 0.29) is 11.5 Å². The Balaban J connectivity index is 2.92. The van der Waals surface area contributed by atoms with Crippen LogP contribution in [-0.4, -0.2) is 38.2 Å². The lowest BCUT2D eigenvalue weighted by atomic mass is 9.87. The molecule has 0 fully saturated rings. The van der Waals surface area contributed by atoms with Crippen molar-refractivity contribution in [1.82, 2.24) is 10.2 Å². The van der Waals surface area contributed by atoms with Gasteiger partial charge in [0.05, 0.1) is 7.11 Å². The smallest absolute Gasteiger partial charge is 0.123 e. The van der Waals surface area contributed by atoms with Crippen molar-refractivity contribution in [1.29, 1.82) is 0 Å². The number of para-hydroxylation sites is 1. The summed E-state index contributed by atoms with van der Waals surface area (Å²) < 4.78 is 5.52. The Morgan fingerprint density at radius 3 is 2.38 bits per heavy atom. The zero-order valence-corrected chi connectivity index (χ0v) is 14.7. The molecule has 3 nitrogen and oxygen atoms in total. The molecule has 0 saturated carbocycles. The van der Waals surface area contributed by atoms with E-state index in [2.05, 4.69) is 64.0 Å². The molecule has 120 valence electrons. The summed E-state index contributed by atoms with van der Waals surface area (Å²) in [6.07, 6.45) is 0. The minimum Gasteiger partial charge on any atom is -0.496 e. The fourth-order valence-electron chi connectivity index (χ4n) is 2.58. The van der Waals surface area contributed by atoms with Crippen LogP contribution in [0.3, 0.4) is 0 Å². The predicted molar refractivity (Wildman–Crippen MR) is 91.0 cm³/mol. The highest BCUT2D eigenvalue weighted by Gasteiger charge is 2.26. The Morgan fingerprint density at radius 2 is 1.86 bits per heavy atom. The second kappa shape index (κ2) is 7.81. The average molecular weight is 292 g/mol. The van der Waals surface area contributed by atoms with Gasteiger partial charge in [0.15, 0.2) is 0 Å². The van der Waals surface area contributed by atoms with Gasteiger partial charge in [-0.15, -0.1) is 0 Å². The van der Waals surface area contributed by atoms with Crippen LogP contribution in [0.1, 0.15) is 46.2 Å². The molecule has 0 amide bonds. The third-order valence-electron chi connectivity index (χ3n) is 4.35. The summed E-state index contributed by atoms with van der Waals surface area (Å²) in [6.45, 7) is 13.2. The van der Waals surface area contributed by atoms with Crippen LogP contribution in [0.25, 0.3) is 0 Å². The summed E-state index contributed by atoms with van der Waals surface area (Å²) in [5.74, 6) is 0.959. The molecule has 0 radical (unpaired) electrons. The lowest BCUT2D eigenvalue weighted by Crippen LogP contribution is -2.43. The molecule has 1 N–H and O–H groups in total. The molecule has 2 unspecified atom stereocenters. The van der Waals surface area contributed by atoms with E-state index in [9.17, 15) is 0 Å². The molecule has 2 atom stereocenters. The van der Waals surface area contributed by atoms with Gasteiger partial charge in [-0.1, -0.05) is 45.9 Å². The van der Waals surface area contributed by atoms with E-state index in [0.717, 1.165) is 18.8 Å². The number of hydrogen-bond acceptors (Lipinski definition) is 3. The standard InChI is InChI=1S/C18H32N2O/c1-8-19-16(13-20(6)14(2)18(3,4)5)15-11-9-10-12-17(15)21-7/h9-12,14,16,19H,8,13H2,1-7H3. The van der Waals surface area contributed by atoms with Crippen LogP contribution < -0.4 is 10.1 Å². The van der Waals surface area contributed by atoms with Crippen molar-refractivity contribution >= 4 is 0 Å². The molecule has 3 heteroatoms. The highest BCUT2D eigenvalue weighted by Crippen LogP contribution is 2.28. The highest BCUT2D eigenvalue weighted by atomic mass is 16.5. The molecule has 0 aliphatic heterocycles.